The largest absolute Gasteiger partial charge is 0.367 e. The van der Waals surface area contributed by atoms with Crippen LogP contribution in [-0.2, 0) is 0 Å². The molecule has 6 rings (SSSR count). The number of carbonyl (C=O) groups excluding carboxylic acids is 2. The van der Waals surface area contributed by atoms with E-state index in [9.17, 15) is 9.59 Å². The van der Waals surface area contributed by atoms with Gasteiger partial charge >= 0.3 is 0 Å². The van der Waals surface area contributed by atoms with E-state index in [4.69, 9.17) is 11.6 Å². The van der Waals surface area contributed by atoms with Crippen LogP contribution < -0.4 is 10.6 Å². The van der Waals surface area contributed by atoms with Crippen molar-refractivity contribution in [2.45, 2.75) is 42.8 Å². The molecule has 0 unspecified atom stereocenters. The fourth-order valence-corrected chi connectivity index (χ4v) is 3.85. The van der Waals surface area contributed by atoms with Crippen molar-refractivity contribution in [1.29, 1.82) is 0 Å². The standard InChI is InChI=1S/C11H12N4OS.C10H9ClN4O/c1-17-10-4-9(13-8-2-3-8)15-11(14-10)7(6-16)5-12-15;11-8-3-9(13-7-1-2-7)15-10(14-8)6(5-16)4-12-15/h4-6,8,13H,2-3H2,1H3;3-5,7,13H,1-2H2. The summed E-state index contributed by atoms with van der Waals surface area (Å²) in [6.45, 7) is 0. The third-order valence-corrected chi connectivity index (χ3v) is 6.09. The zero-order valence-corrected chi connectivity index (χ0v) is 19.3. The lowest BCUT2D eigenvalue weighted by atomic mass is 10.4. The molecule has 2 aliphatic rings. The summed E-state index contributed by atoms with van der Waals surface area (Å²) in [5, 5.41) is 16.3. The molecule has 0 atom stereocenters. The molecule has 10 nitrogen and oxygen atoms in total. The maximum absolute atomic E-state index is 10.9. The first kappa shape index (κ1) is 21.7. The lowest BCUT2D eigenvalue weighted by Crippen LogP contribution is -2.08. The minimum absolute atomic E-state index is 0.360. The average Bonchev–Trinajstić information content (AvgIpc) is 3.73. The molecule has 12 heteroatoms. The van der Waals surface area contributed by atoms with Gasteiger partial charge in [0.25, 0.3) is 0 Å². The van der Waals surface area contributed by atoms with Crippen molar-refractivity contribution in [1.82, 2.24) is 29.2 Å². The molecular formula is C21H21ClN8O2S. The SMILES string of the molecule is CSc1cc(NC2CC2)n2ncc(C=O)c2n1.O=Cc1cnn2c(NC3CC3)cc(Cl)nc12. The zero-order chi connectivity index (χ0) is 22.9. The third-order valence-electron chi connectivity index (χ3n) is 5.27. The summed E-state index contributed by atoms with van der Waals surface area (Å²) in [4.78, 5) is 30.2. The molecule has 33 heavy (non-hydrogen) atoms. The summed E-state index contributed by atoms with van der Waals surface area (Å²) in [6.07, 6.45) is 11.2. The third kappa shape index (κ3) is 4.64. The van der Waals surface area contributed by atoms with E-state index in [2.05, 4.69) is 30.8 Å². The first-order valence-electron chi connectivity index (χ1n) is 10.5. The van der Waals surface area contributed by atoms with Crippen LogP contribution in [-0.4, -0.2) is 60.1 Å². The molecule has 0 spiro atoms. The average molecular weight is 485 g/mol. The highest BCUT2D eigenvalue weighted by Crippen LogP contribution is 2.28. The Hall–Kier alpha value is -3.18. The van der Waals surface area contributed by atoms with Gasteiger partial charge in [-0.05, 0) is 31.9 Å². The number of carbonyl (C=O) groups is 2. The Balaban J connectivity index is 0.000000139. The molecule has 170 valence electrons. The fourth-order valence-electron chi connectivity index (χ4n) is 3.26. The molecule has 4 aromatic heterocycles. The Morgan fingerprint density at radius 2 is 1.42 bits per heavy atom. The molecular weight excluding hydrogens is 464 g/mol. The van der Waals surface area contributed by atoms with Crippen LogP contribution in [0.4, 0.5) is 11.6 Å². The van der Waals surface area contributed by atoms with E-state index in [1.807, 2.05) is 12.3 Å². The van der Waals surface area contributed by atoms with Gasteiger partial charge in [0.05, 0.1) is 23.5 Å². The Labute approximate surface area is 198 Å². The van der Waals surface area contributed by atoms with Crippen LogP contribution in [0.15, 0.2) is 29.6 Å². The van der Waals surface area contributed by atoms with Gasteiger partial charge < -0.3 is 10.6 Å². The summed E-state index contributed by atoms with van der Waals surface area (Å²) in [6, 6.07) is 4.72. The maximum atomic E-state index is 10.9. The second kappa shape index (κ2) is 8.99. The van der Waals surface area contributed by atoms with Crippen molar-refractivity contribution in [3.05, 3.63) is 40.8 Å². The first-order valence-corrected chi connectivity index (χ1v) is 12.1. The van der Waals surface area contributed by atoms with Gasteiger partial charge in [-0.15, -0.1) is 11.8 Å². The van der Waals surface area contributed by atoms with Crippen molar-refractivity contribution in [3.8, 4) is 0 Å². The zero-order valence-electron chi connectivity index (χ0n) is 17.7. The second-order valence-electron chi connectivity index (χ2n) is 7.89. The molecule has 2 aliphatic carbocycles. The van der Waals surface area contributed by atoms with Gasteiger partial charge in [0.2, 0.25) is 0 Å². The van der Waals surface area contributed by atoms with Crippen LogP contribution in [0.25, 0.3) is 11.3 Å². The lowest BCUT2D eigenvalue weighted by molar-refractivity contribution is 0.111. The Morgan fingerprint density at radius 1 is 0.909 bits per heavy atom. The predicted molar refractivity (Wildman–Crippen MR) is 127 cm³/mol. The highest BCUT2D eigenvalue weighted by molar-refractivity contribution is 7.98. The summed E-state index contributed by atoms with van der Waals surface area (Å²) in [5.41, 5.74) is 2.08. The molecule has 2 N–H and O–H groups in total. The van der Waals surface area contributed by atoms with Crippen molar-refractivity contribution < 1.29 is 9.59 Å². The molecule has 0 aromatic carbocycles. The van der Waals surface area contributed by atoms with E-state index in [0.717, 1.165) is 42.1 Å². The number of aromatic nitrogens is 6. The van der Waals surface area contributed by atoms with Crippen LogP contribution in [0.1, 0.15) is 46.4 Å². The predicted octanol–water partition coefficient (Wildman–Crippen LogP) is 3.61. The van der Waals surface area contributed by atoms with Crippen LogP contribution in [0, 0.1) is 0 Å². The summed E-state index contributed by atoms with van der Waals surface area (Å²) < 4.78 is 3.30. The van der Waals surface area contributed by atoms with E-state index in [0.29, 0.717) is 39.7 Å². The lowest BCUT2D eigenvalue weighted by Gasteiger charge is -2.08. The monoisotopic (exact) mass is 484 g/mol. The number of aldehydes is 2. The van der Waals surface area contributed by atoms with E-state index >= 15 is 0 Å². The van der Waals surface area contributed by atoms with Gasteiger partial charge in [-0.1, -0.05) is 11.6 Å². The number of halogens is 1. The molecule has 0 saturated heterocycles. The van der Waals surface area contributed by atoms with E-state index in [1.165, 1.54) is 19.0 Å². The normalized spacial score (nSPS) is 15.2. The van der Waals surface area contributed by atoms with Gasteiger partial charge in [-0.25, -0.2) is 9.97 Å². The Kier molecular flexibility index (Phi) is 5.90. The molecule has 2 saturated carbocycles. The topological polar surface area (TPSA) is 119 Å². The molecule has 0 aliphatic heterocycles. The fraction of sp³-hybridized carbons (Fsp3) is 0.333. The van der Waals surface area contributed by atoms with Crippen LogP contribution in [0.5, 0.6) is 0 Å². The van der Waals surface area contributed by atoms with E-state index < -0.39 is 0 Å². The minimum Gasteiger partial charge on any atom is -0.367 e. The van der Waals surface area contributed by atoms with Crippen molar-refractivity contribution >= 4 is 58.9 Å². The molecule has 0 bridgehead atoms. The molecule has 4 heterocycles. The van der Waals surface area contributed by atoms with Crippen molar-refractivity contribution in [2.75, 3.05) is 16.9 Å². The number of hydrogen-bond acceptors (Lipinski definition) is 9. The van der Waals surface area contributed by atoms with Crippen LogP contribution in [0.2, 0.25) is 5.15 Å². The van der Waals surface area contributed by atoms with Crippen molar-refractivity contribution in [3.63, 3.8) is 0 Å². The summed E-state index contributed by atoms with van der Waals surface area (Å²) in [5.74, 6) is 1.69. The highest BCUT2D eigenvalue weighted by Gasteiger charge is 2.23. The Morgan fingerprint density at radius 3 is 1.91 bits per heavy atom. The van der Waals surface area contributed by atoms with E-state index in [1.54, 1.807) is 33.1 Å². The van der Waals surface area contributed by atoms with Gasteiger partial charge in [0.1, 0.15) is 21.8 Å². The second-order valence-corrected chi connectivity index (χ2v) is 9.11. The molecule has 4 aromatic rings. The van der Waals surface area contributed by atoms with Gasteiger partial charge in [0, 0.05) is 24.2 Å². The number of hydrogen-bond donors (Lipinski definition) is 2. The van der Waals surface area contributed by atoms with Gasteiger partial charge in [-0.2, -0.15) is 19.2 Å². The number of nitrogens with zero attached hydrogens (tertiary/aromatic N) is 6. The first-order chi connectivity index (χ1) is 16.1. The smallest absolute Gasteiger partial charge is 0.169 e. The number of anilines is 2. The quantitative estimate of drug-likeness (QED) is 0.230. The number of rotatable bonds is 7. The molecule has 0 amide bonds. The van der Waals surface area contributed by atoms with Crippen LogP contribution in [0.3, 0.4) is 0 Å². The molecule has 2 fully saturated rings. The molecule has 0 radical (unpaired) electrons. The minimum atomic E-state index is 0.360. The number of fused-ring (bicyclic) bond motifs is 2. The summed E-state index contributed by atoms with van der Waals surface area (Å²) in [7, 11) is 0. The van der Waals surface area contributed by atoms with Gasteiger partial charge in [-0.3, -0.25) is 9.59 Å². The summed E-state index contributed by atoms with van der Waals surface area (Å²) >= 11 is 7.47. The van der Waals surface area contributed by atoms with Crippen molar-refractivity contribution in [2.24, 2.45) is 0 Å². The van der Waals surface area contributed by atoms with Crippen LogP contribution >= 0.6 is 23.4 Å². The Bertz CT molecular complexity index is 1350. The van der Waals surface area contributed by atoms with E-state index in [-0.39, 0.29) is 0 Å². The number of thioether (sulfide) groups is 1. The number of nitrogens with one attached hydrogen (secondary N) is 2. The highest BCUT2D eigenvalue weighted by atomic mass is 35.5. The van der Waals surface area contributed by atoms with Gasteiger partial charge in [0.15, 0.2) is 23.9 Å². The maximum Gasteiger partial charge on any atom is 0.169 e.